The number of carbonyl (C=O) groups is 2. The van der Waals surface area contributed by atoms with Gasteiger partial charge >= 0.3 is 0 Å². The summed E-state index contributed by atoms with van der Waals surface area (Å²) in [4.78, 5) is 28.6. The number of rotatable bonds is 5. The van der Waals surface area contributed by atoms with E-state index in [1.807, 2.05) is 18.2 Å². The number of nitrogens with zero attached hydrogens (tertiary/aromatic N) is 3. The van der Waals surface area contributed by atoms with Crippen molar-refractivity contribution >= 4 is 17.5 Å². The van der Waals surface area contributed by atoms with Gasteiger partial charge in [-0.1, -0.05) is 6.07 Å². The van der Waals surface area contributed by atoms with Crippen LogP contribution in [0.3, 0.4) is 0 Å². The first-order chi connectivity index (χ1) is 12.6. The Morgan fingerprint density at radius 1 is 1.12 bits per heavy atom. The van der Waals surface area contributed by atoms with Gasteiger partial charge in [0.05, 0.1) is 13.7 Å². The third kappa shape index (κ3) is 4.23. The molecule has 7 nitrogen and oxygen atoms in total. The molecule has 1 aliphatic rings. The molecule has 138 valence electrons. The summed E-state index contributed by atoms with van der Waals surface area (Å²) < 4.78 is 6.96. The molecule has 0 atom stereocenters. The zero-order chi connectivity index (χ0) is 18.5. The van der Waals surface area contributed by atoms with Crippen LogP contribution in [-0.2, 0) is 11.8 Å². The van der Waals surface area contributed by atoms with Crippen molar-refractivity contribution in [3.05, 3.63) is 48.3 Å². The maximum Gasteiger partial charge on any atom is 0.274 e. The topological polar surface area (TPSA) is 66.8 Å². The number of hydrogen-bond donors (Lipinski definition) is 1. The summed E-state index contributed by atoms with van der Waals surface area (Å²) in [6.07, 6.45) is 1.77. The molecule has 0 aliphatic carbocycles. The first-order valence-electron chi connectivity index (χ1n) is 8.63. The third-order valence-corrected chi connectivity index (χ3v) is 4.59. The Morgan fingerprint density at radius 3 is 2.54 bits per heavy atom. The number of ether oxygens (including phenoxy) is 1. The van der Waals surface area contributed by atoms with E-state index >= 15 is 0 Å². The fourth-order valence-corrected chi connectivity index (χ4v) is 3.10. The van der Waals surface area contributed by atoms with E-state index in [4.69, 9.17) is 4.74 Å². The van der Waals surface area contributed by atoms with E-state index in [1.54, 1.807) is 37.1 Å². The molecule has 3 rings (SSSR count). The van der Waals surface area contributed by atoms with Crippen LogP contribution in [0.5, 0.6) is 5.75 Å². The zero-order valence-electron chi connectivity index (χ0n) is 15.1. The SMILES string of the molecule is COc1cccc(N2CCN(CC(=O)NC(=O)c3cccn3C)CC2)c1. The number of imide groups is 1. The summed E-state index contributed by atoms with van der Waals surface area (Å²) in [5.41, 5.74) is 1.59. The highest BCUT2D eigenvalue weighted by Crippen LogP contribution is 2.21. The molecular formula is C19H24N4O3. The highest BCUT2D eigenvalue weighted by atomic mass is 16.5. The predicted molar refractivity (Wildman–Crippen MR) is 99.5 cm³/mol. The lowest BCUT2D eigenvalue weighted by molar-refractivity contribution is -0.121. The quantitative estimate of drug-likeness (QED) is 0.869. The second-order valence-corrected chi connectivity index (χ2v) is 6.35. The number of methoxy groups -OCH3 is 1. The minimum Gasteiger partial charge on any atom is -0.497 e. The molecule has 2 amide bonds. The molecule has 7 heteroatoms. The number of benzene rings is 1. The van der Waals surface area contributed by atoms with Crippen LogP contribution in [0, 0.1) is 0 Å². The molecule has 0 bridgehead atoms. The van der Waals surface area contributed by atoms with Gasteiger partial charge in [-0.2, -0.15) is 0 Å². The van der Waals surface area contributed by atoms with E-state index in [2.05, 4.69) is 21.2 Å². The van der Waals surface area contributed by atoms with Crippen molar-refractivity contribution in [2.45, 2.75) is 0 Å². The van der Waals surface area contributed by atoms with Gasteiger partial charge in [-0.25, -0.2) is 0 Å². The van der Waals surface area contributed by atoms with Crippen molar-refractivity contribution in [2.24, 2.45) is 7.05 Å². The number of hydrogen-bond acceptors (Lipinski definition) is 5. The van der Waals surface area contributed by atoms with E-state index in [-0.39, 0.29) is 18.4 Å². The van der Waals surface area contributed by atoms with Crippen molar-refractivity contribution in [2.75, 3.05) is 44.7 Å². The van der Waals surface area contributed by atoms with Gasteiger partial charge in [0.1, 0.15) is 11.4 Å². The molecule has 0 saturated carbocycles. The Labute approximate surface area is 153 Å². The van der Waals surface area contributed by atoms with E-state index in [0.29, 0.717) is 5.69 Å². The minimum atomic E-state index is -0.363. The fourth-order valence-electron chi connectivity index (χ4n) is 3.10. The van der Waals surface area contributed by atoms with E-state index in [0.717, 1.165) is 37.6 Å². The normalized spacial score (nSPS) is 14.9. The van der Waals surface area contributed by atoms with Gasteiger partial charge in [-0.15, -0.1) is 0 Å². The monoisotopic (exact) mass is 356 g/mol. The Morgan fingerprint density at radius 2 is 1.88 bits per heavy atom. The van der Waals surface area contributed by atoms with Crippen LogP contribution in [0.2, 0.25) is 0 Å². The van der Waals surface area contributed by atoms with Gasteiger partial charge in [0.25, 0.3) is 5.91 Å². The van der Waals surface area contributed by atoms with Gasteiger partial charge in [0, 0.05) is 51.2 Å². The van der Waals surface area contributed by atoms with Crippen molar-refractivity contribution in [1.29, 1.82) is 0 Å². The van der Waals surface area contributed by atoms with Crippen LogP contribution >= 0.6 is 0 Å². The first-order valence-corrected chi connectivity index (χ1v) is 8.63. The van der Waals surface area contributed by atoms with E-state index in [1.165, 1.54) is 0 Å². The Bertz CT molecular complexity index is 779. The molecule has 26 heavy (non-hydrogen) atoms. The van der Waals surface area contributed by atoms with Gasteiger partial charge in [-0.05, 0) is 24.3 Å². The molecule has 0 unspecified atom stereocenters. The zero-order valence-corrected chi connectivity index (χ0v) is 15.1. The molecular weight excluding hydrogens is 332 g/mol. The standard InChI is InChI=1S/C19H24N4O3/c1-21-8-4-7-17(21)19(25)20-18(24)14-22-9-11-23(12-10-22)15-5-3-6-16(13-15)26-2/h3-8,13H,9-12,14H2,1-2H3,(H,20,24,25). The Kier molecular flexibility index (Phi) is 5.58. The molecule has 2 heterocycles. The van der Waals surface area contributed by atoms with Gasteiger partial charge < -0.3 is 14.2 Å². The number of amides is 2. The lowest BCUT2D eigenvalue weighted by Gasteiger charge is -2.35. The number of anilines is 1. The van der Waals surface area contributed by atoms with E-state index < -0.39 is 0 Å². The molecule has 0 spiro atoms. The fraction of sp³-hybridized carbons (Fsp3) is 0.368. The maximum atomic E-state index is 12.2. The summed E-state index contributed by atoms with van der Waals surface area (Å²) in [6, 6.07) is 11.4. The van der Waals surface area contributed by atoms with Gasteiger partial charge in [-0.3, -0.25) is 19.8 Å². The molecule has 1 fully saturated rings. The average Bonchev–Trinajstić information content (AvgIpc) is 3.08. The van der Waals surface area contributed by atoms with Crippen molar-refractivity contribution in [1.82, 2.24) is 14.8 Å². The van der Waals surface area contributed by atoms with Crippen LogP contribution in [0.15, 0.2) is 42.6 Å². The molecule has 1 aromatic heterocycles. The maximum absolute atomic E-state index is 12.2. The molecule has 1 saturated heterocycles. The average molecular weight is 356 g/mol. The minimum absolute atomic E-state index is 0.224. The molecule has 2 aromatic rings. The first kappa shape index (κ1) is 18.0. The summed E-state index contributed by atoms with van der Waals surface area (Å²) in [5, 5.41) is 2.46. The Balaban J connectivity index is 1.48. The van der Waals surface area contributed by atoms with Gasteiger partial charge in [0.2, 0.25) is 5.91 Å². The summed E-state index contributed by atoms with van der Waals surface area (Å²) >= 11 is 0. The van der Waals surface area contributed by atoms with Crippen molar-refractivity contribution in [3.8, 4) is 5.75 Å². The number of aryl methyl sites for hydroxylation is 1. The van der Waals surface area contributed by atoms with Gasteiger partial charge in [0.15, 0.2) is 0 Å². The lowest BCUT2D eigenvalue weighted by Crippen LogP contribution is -2.50. The Hall–Kier alpha value is -2.80. The van der Waals surface area contributed by atoms with Crippen LogP contribution in [0.1, 0.15) is 10.5 Å². The smallest absolute Gasteiger partial charge is 0.274 e. The third-order valence-electron chi connectivity index (χ3n) is 4.59. The number of carbonyl (C=O) groups excluding carboxylic acids is 2. The molecule has 0 radical (unpaired) electrons. The lowest BCUT2D eigenvalue weighted by atomic mass is 10.2. The second kappa shape index (κ2) is 8.05. The summed E-state index contributed by atoms with van der Waals surface area (Å²) in [7, 11) is 3.43. The highest BCUT2D eigenvalue weighted by molar-refractivity contribution is 6.04. The molecule has 1 aliphatic heterocycles. The number of piperazine rings is 1. The van der Waals surface area contributed by atoms with Crippen LogP contribution in [0.4, 0.5) is 5.69 Å². The number of aromatic nitrogens is 1. The van der Waals surface area contributed by atoms with Crippen LogP contribution in [0.25, 0.3) is 0 Å². The van der Waals surface area contributed by atoms with Crippen LogP contribution < -0.4 is 15.0 Å². The summed E-state index contributed by atoms with van der Waals surface area (Å²) in [5.74, 6) is 0.201. The second-order valence-electron chi connectivity index (χ2n) is 6.35. The predicted octanol–water partition coefficient (Wildman–Crippen LogP) is 1.11. The summed E-state index contributed by atoms with van der Waals surface area (Å²) in [6.45, 7) is 3.41. The van der Waals surface area contributed by atoms with Crippen LogP contribution in [-0.4, -0.2) is 61.1 Å². The largest absolute Gasteiger partial charge is 0.497 e. The van der Waals surface area contributed by atoms with Crippen molar-refractivity contribution < 1.29 is 14.3 Å². The number of nitrogens with one attached hydrogen (secondary N) is 1. The van der Waals surface area contributed by atoms with E-state index in [9.17, 15) is 9.59 Å². The molecule has 1 N–H and O–H groups in total. The highest BCUT2D eigenvalue weighted by Gasteiger charge is 2.21. The van der Waals surface area contributed by atoms with Crippen molar-refractivity contribution in [3.63, 3.8) is 0 Å². The molecule has 1 aromatic carbocycles.